The molecule has 0 bridgehead atoms. The van der Waals surface area contributed by atoms with Gasteiger partial charge in [0.15, 0.2) is 0 Å². The first-order valence-electron chi connectivity index (χ1n) is 3.21. The van der Waals surface area contributed by atoms with Crippen molar-refractivity contribution < 1.29 is 4.84 Å². The average molecular weight is 125 g/mol. The number of hydrogen-bond acceptors (Lipinski definition) is 2. The highest BCUT2D eigenvalue weighted by molar-refractivity contribution is 5.10. The van der Waals surface area contributed by atoms with Gasteiger partial charge >= 0.3 is 0 Å². The number of rotatable bonds is 2. The van der Waals surface area contributed by atoms with Gasteiger partial charge in [-0.15, -0.1) is 0 Å². The van der Waals surface area contributed by atoms with E-state index in [0.717, 1.165) is 18.5 Å². The Balaban J connectivity index is 2.38. The van der Waals surface area contributed by atoms with E-state index in [1.807, 2.05) is 12.2 Å². The van der Waals surface area contributed by atoms with Crippen molar-refractivity contribution in [2.24, 2.45) is 0 Å². The molecule has 1 N–H and O–H groups in total. The van der Waals surface area contributed by atoms with Crippen LogP contribution >= 0.6 is 0 Å². The lowest BCUT2D eigenvalue weighted by Crippen LogP contribution is -2.12. The van der Waals surface area contributed by atoms with E-state index in [1.54, 1.807) is 6.26 Å². The van der Waals surface area contributed by atoms with Crippen molar-refractivity contribution >= 4 is 0 Å². The second kappa shape index (κ2) is 3.17. The van der Waals surface area contributed by atoms with Gasteiger partial charge in [0.05, 0.1) is 0 Å². The zero-order valence-corrected chi connectivity index (χ0v) is 5.55. The highest BCUT2D eigenvalue weighted by atomic mass is 16.6. The summed E-state index contributed by atoms with van der Waals surface area (Å²) < 4.78 is 0. The molecule has 1 rings (SSSR count). The minimum absolute atomic E-state index is 1.06. The Labute approximate surface area is 55.2 Å². The number of allylic oxidation sites excluding steroid dienone is 3. The summed E-state index contributed by atoms with van der Waals surface area (Å²) in [6.07, 6.45) is 7.74. The fourth-order valence-corrected chi connectivity index (χ4v) is 0.742. The van der Waals surface area contributed by atoms with Crippen LogP contribution in [0, 0.1) is 0 Å². The van der Waals surface area contributed by atoms with Crippen LogP contribution in [0.25, 0.3) is 0 Å². The molecule has 0 aliphatic carbocycles. The van der Waals surface area contributed by atoms with Gasteiger partial charge in [0, 0.05) is 5.70 Å². The second-order valence-corrected chi connectivity index (χ2v) is 1.99. The van der Waals surface area contributed by atoms with Crippen LogP contribution in [0.15, 0.2) is 24.1 Å². The first-order valence-corrected chi connectivity index (χ1v) is 3.21. The Morgan fingerprint density at radius 1 is 1.67 bits per heavy atom. The van der Waals surface area contributed by atoms with Crippen molar-refractivity contribution in [3.63, 3.8) is 0 Å². The summed E-state index contributed by atoms with van der Waals surface area (Å²) in [4.78, 5) is 4.84. The Hall–Kier alpha value is -0.920. The lowest BCUT2D eigenvalue weighted by atomic mass is 10.2. The molecule has 0 fully saturated rings. The normalized spacial score (nSPS) is 15.9. The Bertz CT molecular complexity index is 138. The quantitative estimate of drug-likeness (QED) is 0.606. The van der Waals surface area contributed by atoms with Gasteiger partial charge in [0.25, 0.3) is 0 Å². The summed E-state index contributed by atoms with van der Waals surface area (Å²) in [5.41, 5.74) is 3.95. The number of nitrogens with one attached hydrogen (secondary N) is 1. The molecule has 1 heterocycles. The van der Waals surface area contributed by atoms with Gasteiger partial charge < -0.3 is 4.84 Å². The smallest absolute Gasteiger partial charge is 0.119 e. The van der Waals surface area contributed by atoms with Crippen molar-refractivity contribution in [3.8, 4) is 0 Å². The lowest BCUT2D eigenvalue weighted by molar-refractivity contribution is 0.156. The lowest BCUT2D eigenvalue weighted by Gasteiger charge is -2.10. The molecule has 1 aliphatic heterocycles. The third kappa shape index (κ3) is 1.80. The third-order valence-electron chi connectivity index (χ3n) is 1.15. The molecule has 0 amide bonds. The Morgan fingerprint density at radius 3 is 3.11 bits per heavy atom. The minimum atomic E-state index is 1.06. The Morgan fingerprint density at radius 2 is 2.56 bits per heavy atom. The highest BCUT2D eigenvalue weighted by Crippen LogP contribution is 2.03. The molecule has 0 saturated heterocycles. The minimum Gasteiger partial charge on any atom is -0.390 e. The maximum Gasteiger partial charge on any atom is 0.119 e. The first kappa shape index (κ1) is 6.20. The molecule has 2 heteroatoms. The fraction of sp³-hybridized carbons (Fsp3) is 0.429. The van der Waals surface area contributed by atoms with E-state index in [-0.39, 0.29) is 0 Å². The second-order valence-electron chi connectivity index (χ2n) is 1.99. The van der Waals surface area contributed by atoms with Crippen LogP contribution in [0.1, 0.15) is 19.8 Å². The maximum atomic E-state index is 4.84. The molecule has 0 aromatic carbocycles. The SMILES string of the molecule is CCCC1=CC=CON1. The van der Waals surface area contributed by atoms with E-state index >= 15 is 0 Å². The van der Waals surface area contributed by atoms with Crippen molar-refractivity contribution in [1.29, 1.82) is 0 Å². The van der Waals surface area contributed by atoms with Gasteiger partial charge in [0.2, 0.25) is 0 Å². The summed E-state index contributed by atoms with van der Waals surface area (Å²) in [7, 11) is 0. The van der Waals surface area contributed by atoms with Crippen molar-refractivity contribution in [2.45, 2.75) is 19.8 Å². The maximum absolute atomic E-state index is 4.84. The van der Waals surface area contributed by atoms with Crippen molar-refractivity contribution in [1.82, 2.24) is 5.48 Å². The highest BCUT2D eigenvalue weighted by Gasteiger charge is 1.94. The molecule has 0 saturated carbocycles. The molecule has 1 aliphatic rings. The zero-order chi connectivity index (χ0) is 6.53. The van der Waals surface area contributed by atoms with Crippen LogP contribution in [0.5, 0.6) is 0 Å². The average Bonchev–Trinajstić information content (AvgIpc) is 1.91. The summed E-state index contributed by atoms with van der Waals surface area (Å²) in [6, 6.07) is 0. The van der Waals surface area contributed by atoms with E-state index in [4.69, 9.17) is 4.84 Å². The third-order valence-corrected chi connectivity index (χ3v) is 1.15. The van der Waals surface area contributed by atoms with E-state index in [0.29, 0.717) is 0 Å². The molecule has 9 heavy (non-hydrogen) atoms. The summed E-state index contributed by atoms with van der Waals surface area (Å²) in [6.45, 7) is 2.14. The van der Waals surface area contributed by atoms with Crippen LogP contribution in [0.3, 0.4) is 0 Å². The predicted molar refractivity (Wildman–Crippen MR) is 36.4 cm³/mol. The van der Waals surface area contributed by atoms with E-state index in [1.165, 1.54) is 0 Å². The molecular weight excluding hydrogens is 114 g/mol. The van der Waals surface area contributed by atoms with E-state index in [2.05, 4.69) is 12.4 Å². The van der Waals surface area contributed by atoms with Crippen molar-refractivity contribution in [3.05, 3.63) is 24.1 Å². The molecule has 50 valence electrons. The van der Waals surface area contributed by atoms with Crippen LogP contribution < -0.4 is 5.48 Å². The summed E-state index contributed by atoms with van der Waals surface area (Å²) >= 11 is 0. The monoisotopic (exact) mass is 125 g/mol. The van der Waals surface area contributed by atoms with Gasteiger partial charge in [-0.25, -0.2) is 5.48 Å². The van der Waals surface area contributed by atoms with Gasteiger partial charge in [-0.1, -0.05) is 13.3 Å². The van der Waals surface area contributed by atoms with Gasteiger partial charge in [-0.3, -0.25) is 0 Å². The molecule has 0 unspecified atom stereocenters. The topological polar surface area (TPSA) is 21.3 Å². The fourth-order valence-electron chi connectivity index (χ4n) is 0.742. The number of hydroxylamine groups is 1. The molecule has 0 spiro atoms. The molecular formula is C7H11NO. The molecule has 2 nitrogen and oxygen atoms in total. The first-order chi connectivity index (χ1) is 4.43. The predicted octanol–water partition coefficient (Wildman–Crippen LogP) is 1.72. The van der Waals surface area contributed by atoms with E-state index in [9.17, 15) is 0 Å². The van der Waals surface area contributed by atoms with E-state index < -0.39 is 0 Å². The molecule has 0 aromatic rings. The molecule has 0 radical (unpaired) electrons. The van der Waals surface area contributed by atoms with Gasteiger partial charge in [-0.2, -0.15) is 0 Å². The van der Waals surface area contributed by atoms with Crippen LogP contribution in [0.2, 0.25) is 0 Å². The van der Waals surface area contributed by atoms with Crippen LogP contribution in [-0.4, -0.2) is 0 Å². The van der Waals surface area contributed by atoms with Gasteiger partial charge in [0.1, 0.15) is 6.26 Å². The van der Waals surface area contributed by atoms with Crippen molar-refractivity contribution in [2.75, 3.05) is 0 Å². The standard InChI is InChI=1S/C7H11NO/c1-2-4-7-5-3-6-9-8-7/h3,5-6,8H,2,4H2,1H3. The van der Waals surface area contributed by atoms with Gasteiger partial charge in [-0.05, 0) is 18.6 Å². The van der Waals surface area contributed by atoms with Crippen LogP contribution in [-0.2, 0) is 4.84 Å². The summed E-state index contributed by atoms with van der Waals surface area (Å²) in [5.74, 6) is 0. The number of hydrogen-bond donors (Lipinski definition) is 1. The zero-order valence-electron chi connectivity index (χ0n) is 5.55. The summed E-state index contributed by atoms with van der Waals surface area (Å²) in [5, 5.41) is 0. The molecule has 0 aromatic heterocycles. The largest absolute Gasteiger partial charge is 0.390 e. The molecule has 0 atom stereocenters. The Kier molecular flexibility index (Phi) is 2.19. The van der Waals surface area contributed by atoms with Crippen LogP contribution in [0.4, 0.5) is 0 Å².